The maximum Gasteiger partial charge on any atom is 0.142 e. The van der Waals surface area contributed by atoms with Gasteiger partial charge in [0.25, 0.3) is 0 Å². The first kappa shape index (κ1) is 8.03. The van der Waals surface area contributed by atoms with Gasteiger partial charge in [-0.05, 0) is 39.5 Å². The van der Waals surface area contributed by atoms with Crippen molar-refractivity contribution in [2.45, 2.75) is 46.0 Å². The highest BCUT2D eigenvalue weighted by Crippen LogP contribution is 2.49. The summed E-state index contributed by atoms with van der Waals surface area (Å²) in [5, 5.41) is 0. The molecule has 12 heavy (non-hydrogen) atoms. The van der Waals surface area contributed by atoms with Gasteiger partial charge < -0.3 is 0 Å². The molecule has 0 heterocycles. The van der Waals surface area contributed by atoms with Crippen LogP contribution < -0.4 is 0 Å². The molecule has 1 nitrogen and oxygen atoms in total. The lowest BCUT2D eigenvalue weighted by Crippen LogP contribution is -2.30. The maximum atomic E-state index is 11.7. The summed E-state index contributed by atoms with van der Waals surface area (Å²) in [6.45, 7) is 4.33. The Morgan fingerprint density at radius 2 is 2.00 bits per heavy atom. The van der Waals surface area contributed by atoms with Crippen molar-refractivity contribution < 1.29 is 4.79 Å². The molecule has 1 unspecified atom stereocenters. The van der Waals surface area contributed by atoms with Crippen LogP contribution in [-0.4, -0.2) is 5.78 Å². The minimum atomic E-state index is -0.0394. The summed E-state index contributed by atoms with van der Waals surface area (Å²) in [5.41, 5.74) is 2.92. The van der Waals surface area contributed by atoms with E-state index in [0.29, 0.717) is 5.78 Å². The maximum absolute atomic E-state index is 11.7. The van der Waals surface area contributed by atoms with Gasteiger partial charge >= 0.3 is 0 Å². The van der Waals surface area contributed by atoms with Crippen molar-refractivity contribution in [2.75, 3.05) is 0 Å². The lowest BCUT2D eigenvalue weighted by molar-refractivity contribution is -0.127. The highest BCUT2D eigenvalue weighted by atomic mass is 16.1. The first-order valence-electron chi connectivity index (χ1n) is 4.87. The highest BCUT2D eigenvalue weighted by Gasteiger charge is 2.42. The van der Waals surface area contributed by atoms with Crippen LogP contribution >= 0.6 is 0 Å². The van der Waals surface area contributed by atoms with E-state index in [9.17, 15) is 4.79 Å². The molecule has 0 aromatic carbocycles. The van der Waals surface area contributed by atoms with E-state index in [-0.39, 0.29) is 5.41 Å². The van der Waals surface area contributed by atoms with Crippen molar-refractivity contribution >= 4 is 5.78 Å². The van der Waals surface area contributed by atoms with Gasteiger partial charge in [0.15, 0.2) is 0 Å². The Morgan fingerprint density at radius 3 is 2.67 bits per heavy atom. The van der Waals surface area contributed by atoms with Crippen LogP contribution in [0.4, 0.5) is 0 Å². The van der Waals surface area contributed by atoms with E-state index in [2.05, 4.69) is 13.8 Å². The molecule has 1 atom stereocenters. The third kappa shape index (κ3) is 0.886. The molecule has 66 valence electrons. The Balaban J connectivity index is 2.41. The van der Waals surface area contributed by atoms with E-state index in [0.717, 1.165) is 25.7 Å². The van der Waals surface area contributed by atoms with Gasteiger partial charge in [-0.15, -0.1) is 0 Å². The number of rotatable bonds is 0. The molecule has 0 aliphatic heterocycles. The van der Waals surface area contributed by atoms with Gasteiger partial charge in [0.05, 0.1) is 0 Å². The lowest BCUT2D eigenvalue weighted by Gasteiger charge is -2.31. The quantitative estimate of drug-likeness (QED) is 0.503. The van der Waals surface area contributed by atoms with E-state index in [4.69, 9.17) is 0 Å². The van der Waals surface area contributed by atoms with Gasteiger partial charge in [-0.2, -0.15) is 0 Å². The molecule has 0 spiro atoms. The van der Waals surface area contributed by atoms with Crippen LogP contribution in [-0.2, 0) is 4.79 Å². The molecular weight excluding hydrogens is 148 g/mol. The van der Waals surface area contributed by atoms with Crippen molar-refractivity contribution in [1.82, 2.24) is 0 Å². The number of allylic oxidation sites excluding steroid dienone is 2. The average Bonchev–Trinajstić information content (AvgIpc) is 2.33. The van der Waals surface area contributed by atoms with Gasteiger partial charge in [0.2, 0.25) is 0 Å². The normalized spacial score (nSPS) is 35.7. The molecule has 1 heteroatoms. The van der Waals surface area contributed by atoms with Gasteiger partial charge in [-0.25, -0.2) is 0 Å². The molecule has 1 fully saturated rings. The first-order valence-corrected chi connectivity index (χ1v) is 4.87. The predicted octanol–water partition coefficient (Wildman–Crippen LogP) is 2.86. The average molecular weight is 164 g/mol. The van der Waals surface area contributed by atoms with Crippen LogP contribution in [0.1, 0.15) is 46.0 Å². The molecule has 0 bridgehead atoms. The number of hydrogen-bond acceptors (Lipinski definition) is 1. The van der Waals surface area contributed by atoms with Crippen LogP contribution in [0.25, 0.3) is 0 Å². The number of Topliss-reactive ketones (excluding diaryl/α,β-unsaturated/α-hetero) is 1. The second-order valence-electron chi connectivity index (χ2n) is 4.37. The van der Waals surface area contributed by atoms with Crippen molar-refractivity contribution in [2.24, 2.45) is 5.41 Å². The van der Waals surface area contributed by atoms with Gasteiger partial charge in [-0.3, -0.25) is 4.79 Å². The van der Waals surface area contributed by atoms with E-state index in [1.807, 2.05) is 0 Å². The molecule has 0 amide bonds. The van der Waals surface area contributed by atoms with E-state index < -0.39 is 0 Å². The Morgan fingerprint density at radius 1 is 1.25 bits per heavy atom. The molecule has 0 aromatic rings. The monoisotopic (exact) mass is 164 g/mol. The van der Waals surface area contributed by atoms with Crippen molar-refractivity contribution in [1.29, 1.82) is 0 Å². The minimum Gasteiger partial charge on any atom is -0.299 e. The molecule has 0 aromatic heterocycles. The molecule has 2 aliphatic rings. The second kappa shape index (κ2) is 2.45. The fourth-order valence-electron chi connectivity index (χ4n) is 2.71. The topological polar surface area (TPSA) is 17.1 Å². The third-order valence-electron chi connectivity index (χ3n) is 3.63. The summed E-state index contributed by atoms with van der Waals surface area (Å²) in [6.07, 6.45) is 5.30. The molecule has 2 rings (SSSR count). The Hall–Kier alpha value is -0.590. The Bertz CT molecular complexity index is 262. The number of ketones is 1. The molecule has 1 saturated carbocycles. The van der Waals surface area contributed by atoms with Crippen LogP contribution in [0.2, 0.25) is 0 Å². The first-order chi connectivity index (χ1) is 5.64. The lowest BCUT2D eigenvalue weighted by atomic mass is 9.71. The summed E-state index contributed by atoms with van der Waals surface area (Å²) < 4.78 is 0. The number of hydrogen-bond donors (Lipinski definition) is 0. The van der Waals surface area contributed by atoms with Crippen LogP contribution in [0.3, 0.4) is 0 Å². The van der Waals surface area contributed by atoms with Crippen LogP contribution in [0, 0.1) is 5.41 Å². The highest BCUT2D eigenvalue weighted by molar-refractivity contribution is 5.89. The Labute approximate surface area is 73.8 Å². The van der Waals surface area contributed by atoms with Gasteiger partial charge in [0.1, 0.15) is 5.78 Å². The SMILES string of the molecule is CC1=C2CCCC(=O)C2(C)CC1. The standard InChI is InChI=1S/C11H16O/c1-8-6-7-11(2)9(8)4-3-5-10(11)12/h3-7H2,1-2H3. The smallest absolute Gasteiger partial charge is 0.142 e. The molecule has 0 radical (unpaired) electrons. The van der Waals surface area contributed by atoms with Crippen molar-refractivity contribution in [3.8, 4) is 0 Å². The van der Waals surface area contributed by atoms with Crippen molar-refractivity contribution in [3.05, 3.63) is 11.1 Å². The summed E-state index contributed by atoms with van der Waals surface area (Å²) in [4.78, 5) is 11.7. The number of fused-ring (bicyclic) bond motifs is 1. The van der Waals surface area contributed by atoms with E-state index >= 15 is 0 Å². The largest absolute Gasteiger partial charge is 0.299 e. The molecular formula is C11H16O. The number of carbonyl (C=O) groups excluding carboxylic acids is 1. The van der Waals surface area contributed by atoms with Crippen molar-refractivity contribution in [3.63, 3.8) is 0 Å². The second-order valence-corrected chi connectivity index (χ2v) is 4.37. The molecule has 0 N–H and O–H groups in total. The predicted molar refractivity (Wildman–Crippen MR) is 48.9 cm³/mol. The van der Waals surface area contributed by atoms with Crippen LogP contribution in [0.15, 0.2) is 11.1 Å². The van der Waals surface area contributed by atoms with Gasteiger partial charge in [-0.1, -0.05) is 11.1 Å². The minimum absolute atomic E-state index is 0.0394. The number of carbonyl (C=O) groups is 1. The fraction of sp³-hybridized carbons (Fsp3) is 0.727. The van der Waals surface area contributed by atoms with Crippen LogP contribution in [0.5, 0.6) is 0 Å². The zero-order valence-electron chi connectivity index (χ0n) is 7.94. The zero-order valence-corrected chi connectivity index (χ0v) is 7.94. The summed E-state index contributed by atoms with van der Waals surface area (Å²) in [6, 6.07) is 0. The summed E-state index contributed by atoms with van der Waals surface area (Å²) in [7, 11) is 0. The Kier molecular flexibility index (Phi) is 1.64. The third-order valence-corrected chi connectivity index (χ3v) is 3.63. The van der Waals surface area contributed by atoms with E-state index in [1.165, 1.54) is 17.6 Å². The summed E-state index contributed by atoms with van der Waals surface area (Å²) >= 11 is 0. The zero-order chi connectivity index (χ0) is 8.77. The molecule has 2 aliphatic carbocycles. The molecule has 0 saturated heterocycles. The van der Waals surface area contributed by atoms with Gasteiger partial charge in [0, 0.05) is 11.8 Å². The summed E-state index contributed by atoms with van der Waals surface area (Å²) in [5.74, 6) is 0.487. The van der Waals surface area contributed by atoms with E-state index in [1.54, 1.807) is 0 Å². The fourth-order valence-corrected chi connectivity index (χ4v) is 2.71.